The minimum absolute atomic E-state index is 0.0706. The number of nitrogens with zero attached hydrogens (tertiary/aromatic N) is 1. The van der Waals surface area contributed by atoms with E-state index in [1.54, 1.807) is 13.2 Å². The van der Waals surface area contributed by atoms with Crippen molar-refractivity contribution in [2.24, 2.45) is 0 Å². The van der Waals surface area contributed by atoms with Crippen LogP contribution in [0.5, 0.6) is 0 Å². The van der Waals surface area contributed by atoms with Crippen LogP contribution in [0.4, 0.5) is 15.8 Å². The summed E-state index contributed by atoms with van der Waals surface area (Å²) in [5, 5.41) is 13.4. The van der Waals surface area contributed by atoms with Gasteiger partial charge in [0.1, 0.15) is 11.5 Å². The largest absolute Gasteiger partial charge is 0.377 e. The first kappa shape index (κ1) is 15.8. The van der Waals surface area contributed by atoms with Gasteiger partial charge < -0.3 is 5.32 Å². The maximum atomic E-state index is 13.3. The van der Waals surface area contributed by atoms with Crippen molar-refractivity contribution < 1.29 is 13.5 Å². The molecule has 0 aliphatic carbocycles. The number of hydrogen-bond donors (Lipinski definition) is 1. The predicted molar refractivity (Wildman–Crippen MR) is 74.7 cm³/mol. The number of anilines is 1. The van der Waals surface area contributed by atoms with Crippen molar-refractivity contribution in [3.8, 4) is 0 Å². The van der Waals surface area contributed by atoms with Crippen molar-refractivity contribution >= 4 is 33.8 Å². The third-order valence-corrected chi connectivity index (χ3v) is 3.58. The van der Waals surface area contributed by atoms with E-state index in [2.05, 4.69) is 5.32 Å². The molecule has 0 bridgehead atoms. The maximum absolute atomic E-state index is 13.3. The average Bonchev–Trinajstić information content (AvgIpc) is 2.30. The zero-order valence-corrected chi connectivity index (χ0v) is 12.1. The van der Waals surface area contributed by atoms with Gasteiger partial charge in [0.25, 0.3) is 5.69 Å². The van der Waals surface area contributed by atoms with Crippen LogP contribution in [0, 0.1) is 15.9 Å². The third-order valence-electron chi connectivity index (χ3n) is 2.48. The van der Waals surface area contributed by atoms with Crippen molar-refractivity contribution in [1.29, 1.82) is 0 Å². The van der Waals surface area contributed by atoms with Crippen molar-refractivity contribution in [3.63, 3.8) is 0 Å². The molecular formula is C11H14ClFN2O3S. The lowest BCUT2D eigenvalue weighted by Gasteiger charge is -2.15. The number of nitro benzene ring substituents is 1. The molecule has 0 amide bonds. The van der Waals surface area contributed by atoms with Gasteiger partial charge in [-0.2, -0.15) is 0 Å². The van der Waals surface area contributed by atoms with E-state index >= 15 is 0 Å². The topological polar surface area (TPSA) is 72.2 Å². The average molecular weight is 309 g/mol. The molecule has 8 heteroatoms. The summed E-state index contributed by atoms with van der Waals surface area (Å²) >= 11 is 5.52. The highest BCUT2D eigenvalue weighted by atomic mass is 35.5. The molecule has 0 fully saturated rings. The van der Waals surface area contributed by atoms with E-state index in [1.807, 2.05) is 0 Å². The first-order chi connectivity index (χ1) is 8.81. The highest BCUT2D eigenvalue weighted by Crippen LogP contribution is 2.30. The Hall–Kier alpha value is -1.21. The zero-order valence-electron chi connectivity index (χ0n) is 10.5. The molecule has 0 aliphatic rings. The van der Waals surface area contributed by atoms with Gasteiger partial charge in [-0.3, -0.25) is 14.3 Å². The van der Waals surface area contributed by atoms with Crippen molar-refractivity contribution in [3.05, 3.63) is 33.1 Å². The fourth-order valence-corrected chi connectivity index (χ4v) is 2.33. The first-order valence-electron chi connectivity index (χ1n) is 5.51. The number of halogens is 2. The van der Waals surface area contributed by atoms with Crippen LogP contribution < -0.4 is 5.32 Å². The molecule has 1 rings (SSSR count). The van der Waals surface area contributed by atoms with Crippen LogP contribution in [0.3, 0.4) is 0 Å². The molecule has 1 N–H and O–H groups in total. The van der Waals surface area contributed by atoms with Crippen molar-refractivity contribution in [2.75, 3.05) is 17.3 Å². The van der Waals surface area contributed by atoms with Crippen LogP contribution in [0.25, 0.3) is 0 Å². The molecule has 2 atom stereocenters. The molecule has 19 heavy (non-hydrogen) atoms. The van der Waals surface area contributed by atoms with Gasteiger partial charge in [0.15, 0.2) is 0 Å². The van der Waals surface area contributed by atoms with Gasteiger partial charge in [0, 0.05) is 41.0 Å². The lowest BCUT2D eigenvalue weighted by Crippen LogP contribution is -2.18. The molecule has 0 aliphatic heterocycles. The molecule has 5 nitrogen and oxygen atoms in total. The van der Waals surface area contributed by atoms with Gasteiger partial charge in [-0.25, -0.2) is 4.39 Å². The molecule has 0 spiro atoms. The van der Waals surface area contributed by atoms with E-state index in [0.717, 1.165) is 12.1 Å². The number of benzene rings is 1. The van der Waals surface area contributed by atoms with Crippen molar-refractivity contribution in [2.45, 2.75) is 19.4 Å². The molecule has 1 aromatic carbocycles. The highest BCUT2D eigenvalue weighted by molar-refractivity contribution is 7.84. The lowest BCUT2D eigenvalue weighted by atomic mass is 10.2. The summed E-state index contributed by atoms with van der Waals surface area (Å²) < 4.78 is 24.3. The minimum Gasteiger partial charge on any atom is -0.377 e. The number of hydrogen-bond acceptors (Lipinski definition) is 4. The fraction of sp³-hybridized carbons (Fsp3) is 0.455. The van der Waals surface area contributed by atoms with Crippen LogP contribution >= 0.6 is 11.6 Å². The summed E-state index contributed by atoms with van der Waals surface area (Å²) in [6, 6.07) is 1.81. The molecule has 0 heterocycles. The van der Waals surface area contributed by atoms with E-state index in [9.17, 15) is 18.7 Å². The van der Waals surface area contributed by atoms with Gasteiger partial charge >= 0.3 is 0 Å². The van der Waals surface area contributed by atoms with Gasteiger partial charge in [-0.15, -0.1) is 0 Å². The van der Waals surface area contributed by atoms with Gasteiger partial charge in [0.05, 0.1) is 9.95 Å². The van der Waals surface area contributed by atoms with Crippen LogP contribution in [-0.2, 0) is 10.8 Å². The molecule has 2 unspecified atom stereocenters. The Kier molecular flexibility index (Phi) is 5.68. The number of nitro groups is 1. The standard InChI is InChI=1S/C11H14ClFN2O3S/c1-7(3-4-19(2)18)14-10-6-9(13)8(12)5-11(10)15(16)17/h5-7,14H,3-4H2,1-2H3. The zero-order chi connectivity index (χ0) is 14.6. The predicted octanol–water partition coefficient (Wildman–Crippen LogP) is 2.96. The second-order valence-corrected chi connectivity index (χ2v) is 6.11. The summed E-state index contributed by atoms with van der Waals surface area (Å²) in [6.07, 6.45) is 2.14. The van der Waals surface area contributed by atoms with E-state index in [1.165, 1.54) is 0 Å². The second kappa shape index (κ2) is 6.81. The molecule has 0 saturated heterocycles. The van der Waals surface area contributed by atoms with E-state index in [0.29, 0.717) is 12.2 Å². The quantitative estimate of drug-likeness (QED) is 0.648. The third kappa shape index (κ3) is 4.76. The lowest BCUT2D eigenvalue weighted by molar-refractivity contribution is -0.384. The molecule has 106 valence electrons. The summed E-state index contributed by atoms with van der Waals surface area (Å²) in [5.41, 5.74) is -0.211. The van der Waals surface area contributed by atoms with Gasteiger partial charge in [0.2, 0.25) is 0 Å². The Morgan fingerprint density at radius 3 is 2.74 bits per heavy atom. The SMILES string of the molecule is CC(CCS(C)=O)Nc1cc(F)c(Cl)cc1[N+](=O)[O-]. The minimum atomic E-state index is -0.935. The number of nitrogens with one attached hydrogen (secondary N) is 1. The highest BCUT2D eigenvalue weighted by Gasteiger charge is 2.19. The second-order valence-electron chi connectivity index (χ2n) is 4.15. The normalized spacial score (nSPS) is 13.9. The summed E-state index contributed by atoms with van der Waals surface area (Å²) in [6.45, 7) is 1.78. The molecule has 1 aromatic rings. The summed E-state index contributed by atoms with van der Waals surface area (Å²) in [5.74, 6) is -0.251. The molecule has 0 aromatic heterocycles. The molecule has 0 radical (unpaired) electrons. The van der Waals surface area contributed by atoms with Gasteiger partial charge in [-0.05, 0) is 13.3 Å². The smallest absolute Gasteiger partial charge is 0.294 e. The Morgan fingerprint density at radius 2 is 2.21 bits per heavy atom. The van der Waals surface area contributed by atoms with Crippen LogP contribution in [-0.4, -0.2) is 27.2 Å². The van der Waals surface area contributed by atoms with E-state index in [4.69, 9.17) is 11.6 Å². The Bertz CT molecular complexity index is 513. The van der Waals surface area contributed by atoms with Crippen LogP contribution in [0.1, 0.15) is 13.3 Å². The Balaban J connectivity index is 2.90. The van der Waals surface area contributed by atoms with E-state index in [-0.39, 0.29) is 22.4 Å². The first-order valence-corrected chi connectivity index (χ1v) is 7.61. The van der Waals surface area contributed by atoms with Crippen LogP contribution in [0.15, 0.2) is 12.1 Å². The molecule has 0 saturated carbocycles. The van der Waals surface area contributed by atoms with Crippen LogP contribution in [0.2, 0.25) is 5.02 Å². The fourth-order valence-electron chi connectivity index (χ4n) is 1.48. The Labute approximate surface area is 117 Å². The summed E-state index contributed by atoms with van der Waals surface area (Å²) in [7, 11) is -0.935. The van der Waals surface area contributed by atoms with Gasteiger partial charge in [-0.1, -0.05) is 11.6 Å². The summed E-state index contributed by atoms with van der Waals surface area (Å²) in [4.78, 5) is 10.2. The molecular weight excluding hydrogens is 295 g/mol. The van der Waals surface area contributed by atoms with Crippen molar-refractivity contribution in [1.82, 2.24) is 0 Å². The van der Waals surface area contributed by atoms with E-state index < -0.39 is 21.5 Å². The monoisotopic (exact) mass is 308 g/mol. The maximum Gasteiger partial charge on any atom is 0.294 e. The number of rotatable bonds is 6. The Morgan fingerprint density at radius 1 is 1.58 bits per heavy atom.